The zero-order chi connectivity index (χ0) is 22.8. The van der Waals surface area contributed by atoms with Crippen LogP contribution in [0.25, 0.3) is 5.65 Å². The molecule has 6 rings (SSSR count). The molecule has 0 radical (unpaired) electrons. The molecule has 2 aliphatic carbocycles. The second-order valence-corrected chi connectivity index (χ2v) is 10.3. The summed E-state index contributed by atoms with van der Waals surface area (Å²) in [5.41, 5.74) is -0.388. The summed E-state index contributed by atoms with van der Waals surface area (Å²) in [5, 5.41) is 9.20. The Morgan fingerprint density at radius 3 is 2.64 bits per heavy atom. The Balaban J connectivity index is 1.17. The summed E-state index contributed by atoms with van der Waals surface area (Å²) in [6, 6.07) is 2.39. The number of hydrogen-bond donors (Lipinski definition) is 1. The number of rotatable bonds is 6. The Labute approximate surface area is 192 Å². The molecule has 3 fully saturated rings. The van der Waals surface area contributed by atoms with E-state index in [1.165, 1.54) is 15.7 Å². The second kappa shape index (κ2) is 7.44. The maximum atomic E-state index is 13.2. The number of aryl methyl sites for hydroxylation is 1. The zero-order valence-electron chi connectivity index (χ0n) is 18.0. The maximum Gasteiger partial charge on any atom is 0.397 e. The van der Waals surface area contributed by atoms with Crippen LogP contribution in [-0.4, -0.2) is 55.9 Å². The van der Waals surface area contributed by atoms with E-state index in [0.717, 1.165) is 31.6 Å². The van der Waals surface area contributed by atoms with Crippen molar-refractivity contribution in [3.63, 3.8) is 0 Å². The highest BCUT2D eigenvalue weighted by Gasteiger charge is 2.64. The van der Waals surface area contributed by atoms with Crippen molar-refractivity contribution in [2.24, 2.45) is 17.3 Å². The van der Waals surface area contributed by atoms with Gasteiger partial charge in [0, 0.05) is 31.5 Å². The van der Waals surface area contributed by atoms with Crippen LogP contribution in [0.5, 0.6) is 5.88 Å². The number of aromatic nitrogens is 5. The van der Waals surface area contributed by atoms with E-state index in [1.54, 1.807) is 17.7 Å². The molecule has 1 saturated heterocycles. The monoisotopic (exact) mass is 479 g/mol. The standard InChI is InChI=1S/C21H24F3N7OS/c1-12-8-15(33-29-12)30-9-13-2-3-14(10-30)16(13)26-19-27-17-18(25-6-7-31(17)28-19)32-11-20(4-5-20)21(22,23)24/h6-8,13-14,16H,2-5,9-11H2,1H3,(H,26,28). The average molecular weight is 480 g/mol. The van der Waals surface area contributed by atoms with Crippen LogP contribution in [-0.2, 0) is 0 Å². The average Bonchev–Trinajstić information content (AvgIpc) is 3.20. The van der Waals surface area contributed by atoms with Crippen LogP contribution in [0, 0.1) is 24.2 Å². The molecule has 3 aromatic heterocycles. The predicted octanol–water partition coefficient (Wildman–Crippen LogP) is 3.94. The van der Waals surface area contributed by atoms with Gasteiger partial charge in [0.25, 0.3) is 5.88 Å². The molecule has 3 aromatic rings. The Hall–Kier alpha value is -2.63. The fraction of sp³-hybridized carbons (Fsp3) is 0.619. The van der Waals surface area contributed by atoms with Gasteiger partial charge in [0.15, 0.2) is 0 Å². The fourth-order valence-corrected chi connectivity index (χ4v) is 5.89. The van der Waals surface area contributed by atoms with Gasteiger partial charge in [-0.3, -0.25) is 0 Å². The summed E-state index contributed by atoms with van der Waals surface area (Å²) in [5.74, 6) is 1.46. The van der Waals surface area contributed by atoms with Crippen LogP contribution in [0.4, 0.5) is 24.1 Å². The molecule has 0 amide bonds. The summed E-state index contributed by atoms with van der Waals surface area (Å²) in [6.07, 6.45) is 1.26. The molecular formula is C21H24F3N7OS. The van der Waals surface area contributed by atoms with Crippen LogP contribution in [0.3, 0.4) is 0 Å². The predicted molar refractivity (Wildman–Crippen MR) is 117 cm³/mol. The van der Waals surface area contributed by atoms with Crippen molar-refractivity contribution in [1.82, 2.24) is 24.0 Å². The van der Waals surface area contributed by atoms with Gasteiger partial charge < -0.3 is 15.0 Å². The molecule has 12 heteroatoms. The van der Waals surface area contributed by atoms with Crippen molar-refractivity contribution >= 4 is 28.1 Å². The Bertz CT molecular complexity index is 1160. The van der Waals surface area contributed by atoms with Gasteiger partial charge in [-0.2, -0.15) is 22.5 Å². The van der Waals surface area contributed by atoms with E-state index in [0.29, 0.717) is 23.4 Å². The molecule has 8 nitrogen and oxygen atoms in total. The largest absolute Gasteiger partial charge is 0.474 e. The highest BCUT2D eigenvalue weighted by atomic mass is 32.1. The van der Waals surface area contributed by atoms with Crippen LogP contribution >= 0.6 is 11.5 Å². The summed E-state index contributed by atoms with van der Waals surface area (Å²) < 4.78 is 51.2. The van der Waals surface area contributed by atoms with Gasteiger partial charge in [-0.25, -0.2) is 9.50 Å². The minimum Gasteiger partial charge on any atom is -0.474 e. The van der Waals surface area contributed by atoms with Crippen molar-refractivity contribution in [1.29, 1.82) is 0 Å². The van der Waals surface area contributed by atoms with Crippen LogP contribution < -0.4 is 15.0 Å². The lowest BCUT2D eigenvalue weighted by Gasteiger charge is -2.38. The third kappa shape index (κ3) is 3.68. The Morgan fingerprint density at radius 2 is 2.00 bits per heavy atom. The second-order valence-electron chi connectivity index (χ2n) is 9.48. The van der Waals surface area contributed by atoms with Crippen molar-refractivity contribution in [2.75, 3.05) is 29.9 Å². The Kier molecular flexibility index (Phi) is 4.72. The van der Waals surface area contributed by atoms with Gasteiger partial charge in [-0.1, -0.05) is 0 Å². The van der Waals surface area contributed by atoms with Gasteiger partial charge in [0.05, 0.1) is 5.69 Å². The first-order valence-electron chi connectivity index (χ1n) is 11.2. The molecule has 4 heterocycles. The highest BCUT2D eigenvalue weighted by Crippen LogP contribution is 2.57. The molecule has 1 aliphatic heterocycles. The van der Waals surface area contributed by atoms with Crippen LogP contribution in [0.15, 0.2) is 18.5 Å². The first kappa shape index (κ1) is 20.9. The van der Waals surface area contributed by atoms with Gasteiger partial charge in [0.2, 0.25) is 11.6 Å². The molecule has 0 aromatic carbocycles. The molecule has 2 unspecified atom stereocenters. The molecule has 3 aliphatic rings. The lowest BCUT2D eigenvalue weighted by molar-refractivity contribution is -0.194. The minimum atomic E-state index is -4.27. The van der Waals surface area contributed by atoms with E-state index in [-0.39, 0.29) is 24.8 Å². The minimum absolute atomic E-state index is 0.0759. The number of fused-ring (bicyclic) bond motifs is 3. The van der Waals surface area contributed by atoms with Crippen molar-refractivity contribution in [2.45, 2.75) is 44.8 Å². The lowest BCUT2D eigenvalue weighted by atomic mass is 9.92. The SMILES string of the molecule is Cc1cc(N2CC3CCC(C2)C3Nc2nc3c(OCC4(C(F)(F)F)CC4)nccn3n2)sn1. The number of alkyl halides is 3. The van der Waals surface area contributed by atoms with E-state index in [9.17, 15) is 13.2 Å². The number of nitrogens with zero attached hydrogens (tertiary/aromatic N) is 6. The zero-order valence-corrected chi connectivity index (χ0v) is 18.9. The molecule has 1 N–H and O–H groups in total. The summed E-state index contributed by atoms with van der Waals surface area (Å²) in [6.45, 7) is 3.48. The first-order chi connectivity index (χ1) is 15.8. The van der Waals surface area contributed by atoms with Crippen molar-refractivity contribution < 1.29 is 17.9 Å². The molecular weight excluding hydrogens is 455 g/mol. The van der Waals surface area contributed by atoms with Crippen LogP contribution in [0.1, 0.15) is 31.4 Å². The van der Waals surface area contributed by atoms with E-state index in [2.05, 4.69) is 35.7 Å². The fourth-order valence-electron chi connectivity index (χ4n) is 5.11. The van der Waals surface area contributed by atoms with Crippen LogP contribution in [0.2, 0.25) is 0 Å². The number of ether oxygens (including phenoxy) is 1. The smallest absolute Gasteiger partial charge is 0.397 e. The van der Waals surface area contributed by atoms with Gasteiger partial charge in [-0.05, 0) is 62.0 Å². The van der Waals surface area contributed by atoms with E-state index >= 15 is 0 Å². The molecule has 2 bridgehead atoms. The van der Waals surface area contributed by atoms with Gasteiger partial charge in [0.1, 0.15) is 17.0 Å². The molecule has 2 saturated carbocycles. The van der Waals surface area contributed by atoms with Gasteiger partial charge in [-0.15, -0.1) is 5.10 Å². The van der Waals surface area contributed by atoms with E-state index in [1.807, 2.05) is 6.92 Å². The van der Waals surface area contributed by atoms with E-state index < -0.39 is 18.2 Å². The Morgan fingerprint density at radius 1 is 1.24 bits per heavy atom. The van der Waals surface area contributed by atoms with Gasteiger partial charge >= 0.3 is 6.18 Å². The third-order valence-corrected chi connectivity index (χ3v) is 8.16. The normalized spacial score (nSPS) is 26.1. The first-order valence-corrected chi connectivity index (χ1v) is 11.9. The molecule has 176 valence electrons. The topological polar surface area (TPSA) is 80.5 Å². The lowest BCUT2D eigenvalue weighted by Crippen LogP contribution is -2.48. The molecule has 0 spiro atoms. The number of piperidine rings is 1. The number of hydrogen-bond acceptors (Lipinski definition) is 8. The maximum absolute atomic E-state index is 13.2. The third-order valence-electron chi connectivity index (χ3n) is 7.22. The number of halogens is 3. The molecule has 2 atom stereocenters. The number of nitrogens with one attached hydrogen (secondary N) is 1. The summed E-state index contributed by atoms with van der Waals surface area (Å²) in [7, 11) is 0. The summed E-state index contributed by atoms with van der Waals surface area (Å²) in [4.78, 5) is 11.1. The van der Waals surface area contributed by atoms with Crippen molar-refractivity contribution in [3.05, 3.63) is 24.2 Å². The summed E-state index contributed by atoms with van der Waals surface area (Å²) >= 11 is 1.55. The highest BCUT2D eigenvalue weighted by molar-refractivity contribution is 7.10. The quantitative estimate of drug-likeness (QED) is 0.574. The molecule has 33 heavy (non-hydrogen) atoms. The number of anilines is 2. The van der Waals surface area contributed by atoms with E-state index in [4.69, 9.17) is 4.74 Å². The van der Waals surface area contributed by atoms with Crippen molar-refractivity contribution in [3.8, 4) is 5.88 Å².